The predicted molar refractivity (Wildman–Crippen MR) is 108 cm³/mol. The van der Waals surface area contributed by atoms with E-state index in [1.807, 2.05) is 41.8 Å². The van der Waals surface area contributed by atoms with E-state index in [4.69, 9.17) is 9.15 Å². The molecule has 28 heavy (non-hydrogen) atoms. The molecule has 0 radical (unpaired) electrons. The van der Waals surface area contributed by atoms with E-state index < -0.39 is 0 Å². The van der Waals surface area contributed by atoms with Gasteiger partial charge in [0.25, 0.3) is 0 Å². The van der Waals surface area contributed by atoms with E-state index >= 15 is 0 Å². The molecule has 1 aromatic carbocycles. The fourth-order valence-corrected chi connectivity index (χ4v) is 3.71. The van der Waals surface area contributed by atoms with Gasteiger partial charge in [-0.1, -0.05) is 11.8 Å². The van der Waals surface area contributed by atoms with Crippen molar-refractivity contribution >= 4 is 17.7 Å². The van der Waals surface area contributed by atoms with Crippen LogP contribution < -0.4 is 10.1 Å². The second-order valence-corrected chi connectivity index (χ2v) is 7.86. The van der Waals surface area contributed by atoms with Gasteiger partial charge >= 0.3 is 0 Å². The van der Waals surface area contributed by atoms with Gasteiger partial charge in [-0.15, -0.1) is 10.2 Å². The summed E-state index contributed by atoms with van der Waals surface area (Å²) in [6.45, 7) is 6.36. The van der Waals surface area contributed by atoms with Crippen molar-refractivity contribution in [2.45, 2.75) is 43.8 Å². The molecular weight excluding hydrogens is 376 g/mol. The minimum atomic E-state index is -0.319. The smallest absolute Gasteiger partial charge is 0.233 e. The monoisotopic (exact) mass is 400 g/mol. The van der Waals surface area contributed by atoms with E-state index in [1.54, 1.807) is 19.4 Å². The molecule has 7 nitrogen and oxygen atoms in total. The Balaban J connectivity index is 1.74. The lowest BCUT2D eigenvalue weighted by Crippen LogP contribution is -2.30. The maximum absolute atomic E-state index is 12.4. The number of carbonyl (C=O) groups is 1. The summed E-state index contributed by atoms with van der Waals surface area (Å²) in [4.78, 5) is 12.4. The summed E-state index contributed by atoms with van der Waals surface area (Å²) < 4.78 is 12.5. The Kier molecular flexibility index (Phi) is 6.41. The third-order valence-electron chi connectivity index (χ3n) is 4.20. The summed E-state index contributed by atoms with van der Waals surface area (Å²) in [6.07, 6.45) is 1.59. The van der Waals surface area contributed by atoms with Crippen molar-refractivity contribution in [3.8, 4) is 17.1 Å². The molecular formula is C20H24N4O3S. The fraction of sp³-hybridized carbons (Fsp3) is 0.350. The maximum Gasteiger partial charge on any atom is 0.233 e. The number of nitrogens with zero attached hydrogens (tertiary/aromatic N) is 3. The van der Waals surface area contributed by atoms with E-state index in [1.165, 1.54) is 11.8 Å². The van der Waals surface area contributed by atoms with E-state index in [9.17, 15) is 4.79 Å². The molecule has 2 aromatic heterocycles. The zero-order valence-electron chi connectivity index (χ0n) is 16.4. The Morgan fingerprint density at radius 3 is 2.57 bits per heavy atom. The van der Waals surface area contributed by atoms with Gasteiger partial charge in [0, 0.05) is 11.6 Å². The molecule has 0 saturated heterocycles. The normalized spacial score (nSPS) is 12.2. The van der Waals surface area contributed by atoms with Crippen molar-refractivity contribution in [3.05, 3.63) is 48.4 Å². The van der Waals surface area contributed by atoms with E-state index in [0.717, 1.165) is 22.9 Å². The second kappa shape index (κ2) is 8.97. The van der Waals surface area contributed by atoms with Gasteiger partial charge in [0.15, 0.2) is 11.0 Å². The number of aromatic nitrogens is 3. The van der Waals surface area contributed by atoms with Crippen molar-refractivity contribution < 1.29 is 13.9 Å². The van der Waals surface area contributed by atoms with Crippen LogP contribution in [-0.2, 0) is 11.3 Å². The van der Waals surface area contributed by atoms with Crippen LogP contribution in [0.3, 0.4) is 0 Å². The topological polar surface area (TPSA) is 82.2 Å². The number of amides is 1. The van der Waals surface area contributed by atoms with Gasteiger partial charge in [0.1, 0.15) is 11.5 Å². The molecule has 3 rings (SSSR count). The van der Waals surface area contributed by atoms with Gasteiger partial charge in [-0.3, -0.25) is 9.36 Å². The van der Waals surface area contributed by atoms with Crippen LogP contribution in [0.2, 0.25) is 0 Å². The average molecular weight is 401 g/mol. The number of furan rings is 1. The van der Waals surface area contributed by atoms with Crippen LogP contribution in [0, 0.1) is 0 Å². The average Bonchev–Trinajstić information content (AvgIpc) is 3.36. The first-order valence-electron chi connectivity index (χ1n) is 9.05. The van der Waals surface area contributed by atoms with Crippen molar-refractivity contribution in [2.75, 3.05) is 7.11 Å². The van der Waals surface area contributed by atoms with Crippen molar-refractivity contribution in [3.63, 3.8) is 0 Å². The lowest BCUT2D eigenvalue weighted by molar-refractivity contribution is -0.120. The summed E-state index contributed by atoms with van der Waals surface area (Å²) in [5.41, 5.74) is 0.948. The molecule has 1 atom stereocenters. The third-order valence-corrected chi connectivity index (χ3v) is 5.25. The summed E-state index contributed by atoms with van der Waals surface area (Å²) in [6, 6.07) is 11.5. The second-order valence-electron chi connectivity index (χ2n) is 6.56. The fourth-order valence-electron chi connectivity index (χ4n) is 2.70. The number of hydrogen-bond acceptors (Lipinski definition) is 6. The van der Waals surface area contributed by atoms with Gasteiger partial charge in [0.05, 0.1) is 25.2 Å². The van der Waals surface area contributed by atoms with Crippen LogP contribution in [0.5, 0.6) is 5.75 Å². The number of benzene rings is 1. The quantitative estimate of drug-likeness (QED) is 0.577. The molecule has 0 aliphatic heterocycles. The molecule has 148 valence electrons. The Bertz CT molecular complexity index is 904. The molecule has 0 saturated carbocycles. The van der Waals surface area contributed by atoms with E-state index in [-0.39, 0.29) is 17.2 Å². The van der Waals surface area contributed by atoms with E-state index in [0.29, 0.717) is 11.7 Å². The molecule has 1 amide bonds. The standard InChI is InChI=1S/C20H24N4O3S/c1-13(2)24-18(15-7-9-16(26-4)10-8-15)22-23-20(24)28-14(3)19(25)21-12-17-6-5-11-27-17/h5-11,13-14H,12H2,1-4H3,(H,21,25). The number of nitrogens with one attached hydrogen (secondary N) is 1. The predicted octanol–water partition coefficient (Wildman–Crippen LogP) is 3.92. The molecule has 0 bridgehead atoms. The Hall–Kier alpha value is -2.74. The van der Waals surface area contributed by atoms with Crippen LogP contribution in [0.1, 0.15) is 32.6 Å². The lowest BCUT2D eigenvalue weighted by atomic mass is 10.2. The van der Waals surface area contributed by atoms with Crippen LogP contribution >= 0.6 is 11.8 Å². The lowest BCUT2D eigenvalue weighted by Gasteiger charge is -2.16. The van der Waals surface area contributed by atoms with Gasteiger partial charge in [0.2, 0.25) is 5.91 Å². The minimum absolute atomic E-state index is 0.0781. The third kappa shape index (κ3) is 4.56. The highest BCUT2D eigenvalue weighted by molar-refractivity contribution is 8.00. The van der Waals surface area contributed by atoms with Crippen LogP contribution in [-0.4, -0.2) is 33.0 Å². The first-order valence-corrected chi connectivity index (χ1v) is 9.93. The first kappa shape index (κ1) is 20.0. The molecule has 0 fully saturated rings. The first-order chi connectivity index (χ1) is 13.5. The zero-order chi connectivity index (χ0) is 20.1. The number of rotatable bonds is 8. The highest BCUT2D eigenvalue weighted by Gasteiger charge is 2.22. The number of carbonyl (C=O) groups excluding carboxylic acids is 1. The molecule has 3 aromatic rings. The Morgan fingerprint density at radius 2 is 1.96 bits per heavy atom. The maximum atomic E-state index is 12.4. The van der Waals surface area contributed by atoms with Gasteiger partial charge in [-0.05, 0) is 57.2 Å². The van der Waals surface area contributed by atoms with Crippen LogP contribution in [0.25, 0.3) is 11.4 Å². The molecule has 1 N–H and O–H groups in total. The van der Waals surface area contributed by atoms with Gasteiger partial charge in [-0.25, -0.2) is 0 Å². The highest BCUT2D eigenvalue weighted by Crippen LogP contribution is 2.30. The highest BCUT2D eigenvalue weighted by atomic mass is 32.2. The van der Waals surface area contributed by atoms with Gasteiger partial charge in [-0.2, -0.15) is 0 Å². The number of hydrogen-bond donors (Lipinski definition) is 1. The summed E-state index contributed by atoms with van der Waals surface area (Å²) in [5.74, 6) is 2.20. The van der Waals surface area contributed by atoms with Crippen molar-refractivity contribution in [1.82, 2.24) is 20.1 Å². The Labute approximate surface area is 168 Å². The number of methoxy groups -OCH3 is 1. The van der Waals surface area contributed by atoms with Crippen LogP contribution in [0.4, 0.5) is 0 Å². The van der Waals surface area contributed by atoms with Crippen molar-refractivity contribution in [2.24, 2.45) is 0 Å². The number of ether oxygens (including phenoxy) is 1. The zero-order valence-corrected chi connectivity index (χ0v) is 17.2. The van der Waals surface area contributed by atoms with E-state index in [2.05, 4.69) is 29.4 Å². The van der Waals surface area contributed by atoms with Crippen LogP contribution in [0.15, 0.2) is 52.2 Å². The summed E-state index contributed by atoms with van der Waals surface area (Å²) in [5, 5.41) is 12.0. The molecule has 0 aliphatic carbocycles. The molecule has 8 heteroatoms. The number of thioether (sulfide) groups is 1. The largest absolute Gasteiger partial charge is 0.497 e. The molecule has 1 unspecified atom stereocenters. The van der Waals surface area contributed by atoms with Crippen molar-refractivity contribution in [1.29, 1.82) is 0 Å². The van der Waals surface area contributed by atoms with Gasteiger partial charge < -0.3 is 14.5 Å². The molecule has 2 heterocycles. The molecule has 0 aliphatic rings. The Morgan fingerprint density at radius 1 is 1.21 bits per heavy atom. The SMILES string of the molecule is COc1ccc(-c2nnc(SC(C)C(=O)NCc3ccco3)n2C(C)C)cc1. The summed E-state index contributed by atoms with van der Waals surface area (Å²) in [7, 11) is 1.64. The minimum Gasteiger partial charge on any atom is -0.497 e. The molecule has 0 spiro atoms. The summed E-state index contributed by atoms with van der Waals surface area (Å²) >= 11 is 1.39.